The Morgan fingerprint density at radius 2 is 2.12 bits per heavy atom. The summed E-state index contributed by atoms with van der Waals surface area (Å²) in [6, 6.07) is 2.58. The summed E-state index contributed by atoms with van der Waals surface area (Å²) in [5, 5.41) is 3.24. The number of hydrogen-bond acceptors (Lipinski definition) is 4. The maximum atomic E-state index is 13.6. The van der Waals surface area contributed by atoms with Gasteiger partial charge in [-0.15, -0.1) is 12.4 Å². The van der Waals surface area contributed by atoms with Gasteiger partial charge < -0.3 is 10.1 Å². The molecular formula is C14H20ClF3N2O3S. The van der Waals surface area contributed by atoms with Crippen molar-refractivity contribution in [3.63, 3.8) is 0 Å². The first-order chi connectivity index (χ1) is 10.9. The van der Waals surface area contributed by atoms with Crippen molar-refractivity contribution in [3.8, 4) is 5.75 Å². The molecule has 1 fully saturated rings. The predicted molar refractivity (Wildman–Crippen MR) is 85.7 cm³/mol. The predicted octanol–water partition coefficient (Wildman–Crippen LogP) is 2.52. The number of hydrogen-bond donors (Lipinski definition) is 2. The van der Waals surface area contributed by atoms with Crippen molar-refractivity contribution < 1.29 is 26.3 Å². The van der Waals surface area contributed by atoms with Gasteiger partial charge in [-0.2, -0.15) is 8.78 Å². The van der Waals surface area contributed by atoms with E-state index in [0.717, 1.165) is 38.1 Å². The summed E-state index contributed by atoms with van der Waals surface area (Å²) in [5.41, 5.74) is 0. The third kappa shape index (κ3) is 6.12. The lowest BCUT2D eigenvalue weighted by Crippen LogP contribution is -2.33. The topological polar surface area (TPSA) is 67.4 Å². The number of alkyl halides is 2. The molecule has 10 heteroatoms. The average Bonchev–Trinajstić information content (AvgIpc) is 2.49. The van der Waals surface area contributed by atoms with E-state index in [1.54, 1.807) is 0 Å². The smallest absolute Gasteiger partial charge is 0.387 e. The number of halogens is 4. The van der Waals surface area contributed by atoms with Gasteiger partial charge in [0.05, 0.1) is 4.90 Å². The molecule has 1 aliphatic rings. The van der Waals surface area contributed by atoms with Gasteiger partial charge in [0, 0.05) is 6.54 Å². The molecule has 1 unspecified atom stereocenters. The van der Waals surface area contributed by atoms with Gasteiger partial charge in [-0.1, -0.05) is 0 Å². The van der Waals surface area contributed by atoms with E-state index < -0.39 is 28.2 Å². The van der Waals surface area contributed by atoms with Crippen molar-refractivity contribution in [1.29, 1.82) is 0 Å². The molecule has 2 rings (SSSR count). The van der Waals surface area contributed by atoms with Crippen LogP contribution in [0.25, 0.3) is 0 Å². The summed E-state index contributed by atoms with van der Waals surface area (Å²) in [4.78, 5) is -0.321. The number of benzene rings is 1. The molecule has 138 valence electrons. The van der Waals surface area contributed by atoms with Crippen LogP contribution in [0.15, 0.2) is 23.1 Å². The lowest BCUT2D eigenvalue weighted by atomic mass is 9.96. The van der Waals surface area contributed by atoms with Crippen LogP contribution in [-0.2, 0) is 10.0 Å². The zero-order valence-corrected chi connectivity index (χ0v) is 14.4. The van der Waals surface area contributed by atoms with Crippen molar-refractivity contribution in [3.05, 3.63) is 24.0 Å². The third-order valence-electron chi connectivity index (χ3n) is 3.67. The molecule has 0 amide bonds. The highest BCUT2D eigenvalue weighted by Gasteiger charge is 2.19. The van der Waals surface area contributed by atoms with E-state index in [0.29, 0.717) is 18.4 Å². The van der Waals surface area contributed by atoms with Crippen LogP contribution in [0.1, 0.15) is 19.3 Å². The molecule has 1 aromatic rings. The minimum absolute atomic E-state index is 0. The molecule has 0 bridgehead atoms. The van der Waals surface area contributed by atoms with Gasteiger partial charge in [0.25, 0.3) is 0 Å². The van der Waals surface area contributed by atoms with Crippen molar-refractivity contribution >= 4 is 22.4 Å². The maximum Gasteiger partial charge on any atom is 0.387 e. The van der Waals surface area contributed by atoms with Crippen LogP contribution in [0, 0.1) is 11.7 Å². The Kier molecular flexibility index (Phi) is 8.28. The van der Waals surface area contributed by atoms with Crippen LogP contribution < -0.4 is 14.8 Å². The number of rotatable bonds is 7. The van der Waals surface area contributed by atoms with Crippen molar-refractivity contribution in [2.24, 2.45) is 5.92 Å². The summed E-state index contributed by atoms with van der Waals surface area (Å²) in [7, 11) is -3.88. The Hall–Kier alpha value is -1.03. The van der Waals surface area contributed by atoms with Crippen LogP contribution in [0.4, 0.5) is 13.2 Å². The Labute approximate surface area is 145 Å². The van der Waals surface area contributed by atoms with E-state index in [-0.39, 0.29) is 23.8 Å². The van der Waals surface area contributed by atoms with E-state index in [9.17, 15) is 21.6 Å². The standard InChI is InChI=1S/C14H19F3N2O3S.ClH/c15-12-8-11(3-4-13(12)22-14(16)17)23(20,21)19-7-5-10-2-1-6-18-9-10;/h3-4,8,10,14,18-19H,1-2,5-7,9H2;1H. The van der Waals surface area contributed by atoms with E-state index in [4.69, 9.17) is 0 Å². The molecule has 5 nitrogen and oxygen atoms in total. The van der Waals surface area contributed by atoms with Crippen LogP contribution in [-0.4, -0.2) is 34.7 Å². The van der Waals surface area contributed by atoms with E-state index in [1.807, 2.05) is 0 Å². The molecule has 1 aromatic carbocycles. The second-order valence-electron chi connectivity index (χ2n) is 5.37. The molecule has 0 aliphatic carbocycles. The van der Waals surface area contributed by atoms with Crippen molar-refractivity contribution in [1.82, 2.24) is 10.0 Å². The first kappa shape index (κ1) is 21.0. The van der Waals surface area contributed by atoms with Crippen molar-refractivity contribution in [2.45, 2.75) is 30.8 Å². The average molecular weight is 389 g/mol. The van der Waals surface area contributed by atoms with E-state index in [1.165, 1.54) is 0 Å². The lowest BCUT2D eigenvalue weighted by molar-refractivity contribution is -0.0522. The number of piperidine rings is 1. The molecule has 0 radical (unpaired) electrons. The second kappa shape index (κ2) is 9.45. The Bertz CT molecular complexity index is 626. The van der Waals surface area contributed by atoms with E-state index in [2.05, 4.69) is 14.8 Å². The number of ether oxygens (including phenoxy) is 1. The Morgan fingerprint density at radius 3 is 2.71 bits per heavy atom. The zero-order valence-electron chi connectivity index (χ0n) is 12.8. The molecule has 1 atom stereocenters. The SMILES string of the molecule is Cl.O=S(=O)(NCCC1CCCNC1)c1ccc(OC(F)F)c(F)c1. The molecular weight excluding hydrogens is 369 g/mol. The molecule has 0 spiro atoms. The van der Waals surface area contributed by atoms with Gasteiger partial charge >= 0.3 is 6.61 Å². The quantitative estimate of drug-likeness (QED) is 0.753. The highest BCUT2D eigenvalue weighted by molar-refractivity contribution is 7.89. The molecule has 0 aromatic heterocycles. The molecule has 0 saturated carbocycles. The largest absolute Gasteiger partial charge is 0.432 e. The van der Waals surface area contributed by atoms with E-state index >= 15 is 0 Å². The fourth-order valence-electron chi connectivity index (χ4n) is 2.49. The molecule has 1 aliphatic heterocycles. The monoisotopic (exact) mass is 388 g/mol. The fraction of sp³-hybridized carbons (Fsp3) is 0.571. The molecule has 2 N–H and O–H groups in total. The first-order valence-corrected chi connectivity index (χ1v) is 8.81. The highest BCUT2D eigenvalue weighted by Crippen LogP contribution is 2.22. The summed E-state index contributed by atoms with van der Waals surface area (Å²) >= 11 is 0. The molecule has 1 heterocycles. The van der Waals surface area contributed by atoms with Crippen molar-refractivity contribution in [2.75, 3.05) is 19.6 Å². The summed E-state index contributed by atoms with van der Waals surface area (Å²) < 4.78 is 68.2. The van der Waals surface area contributed by atoms with Gasteiger partial charge in [-0.05, 0) is 56.5 Å². The highest BCUT2D eigenvalue weighted by atomic mass is 35.5. The van der Waals surface area contributed by atoms with Crippen LogP contribution >= 0.6 is 12.4 Å². The van der Waals surface area contributed by atoms with Crippen LogP contribution in [0.5, 0.6) is 5.75 Å². The van der Waals surface area contributed by atoms with Crippen LogP contribution in [0.2, 0.25) is 0 Å². The number of sulfonamides is 1. The van der Waals surface area contributed by atoms with Crippen LogP contribution in [0.3, 0.4) is 0 Å². The van der Waals surface area contributed by atoms with Gasteiger partial charge in [0.1, 0.15) is 0 Å². The van der Waals surface area contributed by atoms with Gasteiger partial charge in [0.15, 0.2) is 11.6 Å². The Balaban J connectivity index is 0.00000288. The molecule has 24 heavy (non-hydrogen) atoms. The summed E-state index contributed by atoms with van der Waals surface area (Å²) in [5.74, 6) is -1.43. The third-order valence-corrected chi connectivity index (χ3v) is 5.13. The zero-order chi connectivity index (χ0) is 16.9. The Morgan fingerprint density at radius 1 is 1.38 bits per heavy atom. The lowest BCUT2D eigenvalue weighted by Gasteiger charge is -2.22. The number of nitrogens with one attached hydrogen (secondary N) is 2. The van der Waals surface area contributed by atoms with Gasteiger partial charge in [0.2, 0.25) is 10.0 Å². The summed E-state index contributed by atoms with van der Waals surface area (Å²) in [6.45, 7) is -1.09. The van der Waals surface area contributed by atoms with Gasteiger partial charge in [-0.3, -0.25) is 0 Å². The molecule has 1 saturated heterocycles. The minimum atomic E-state index is -3.88. The minimum Gasteiger partial charge on any atom is -0.432 e. The second-order valence-corrected chi connectivity index (χ2v) is 7.14. The first-order valence-electron chi connectivity index (χ1n) is 7.33. The van der Waals surface area contributed by atoms with Gasteiger partial charge in [-0.25, -0.2) is 17.5 Å². The normalized spacial score (nSPS) is 18.2. The fourth-order valence-corrected chi connectivity index (χ4v) is 3.55. The maximum absolute atomic E-state index is 13.6. The summed E-state index contributed by atoms with van der Waals surface area (Å²) in [6.07, 6.45) is 2.79.